The van der Waals surface area contributed by atoms with Crippen molar-refractivity contribution in [3.63, 3.8) is 0 Å². The summed E-state index contributed by atoms with van der Waals surface area (Å²) in [4.78, 5) is 9.99. The Morgan fingerprint density at radius 2 is 1.72 bits per heavy atom. The van der Waals surface area contributed by atoms with Gasteiger partial charge in [-0.2, -0.15) is 0 Å². The molecular formula is C23H39O5P. The molecule has 166 valence electrons. The van der Waals surface area contributed by atoms with Crippen LogP contribution in [0, 0.1) is 11.8 Å². The van der Waals surface area contributed by atoms with Crippen LogP contribution in [-0.4, -0.2) is 30.3 Å². The maximum atomic E-state index is 12.2. The fourth-order valence-corrected chi connectivity index (χ4v) is 5.32. The van der Waals surface area contributed by atoms with Gasteiger partial charge in [-0.25, -0.2) is 4.57 Å². The van der Waals surface area contributed by atoms with Crippen molar-refractivity contribution in [2.45, 2.75) is 90.4 Å². The Balaban J connectivity index is 2.19. The van der Waals surface area contributed by atoms with Crippen LogP contribution in [0.25, 0.3) is 0 Å². The van der Waals surface area contributed by atoms with Crippen LogP contribution in [0.15, 0.2) is 30.3 Å². The lowest BCUT2D eigenvalue weighted by atomic mass is 9.83. The normalized spacial score (nSPS) is 26.7. The fraction of sp³-hybridized carbons (Fsp3) is 0.739. The molecular weight excluding hydrogens is 387 g/mol. The van der Waals surface area contributed by atoms with Crippen molar-refractivity contribution < 1.29 is 23.2 Å². The Bertz CT molecular complexity index is 617. The van der Waals surface area contributed by atoms with E-state index in [1.54, 1.807) is 0 Å². The van der Waals surface area contributed by atoms with Crippen LogP contribution in [0.5, 0.6) is 0 Å². The molecule has 5 nitrogen and oxygen atoms in total. The van der Waals surface area contributed by atoms with E-state index >= 15 is 0 Å². The van der Waals surface area contributed by atoms with Crippen LogP contribution in [-0.2, 0) is 24.8 Å². The summed E-state index contributed by atoms with van der Waals surface area (Å²) in [6.07, 6.45) is 7.75. The molecule has 0 saturated carbocycles. The standard InChI is InChI=1S/C23H39O5P/c1-5-11-18(12-6-2)15-16-20-22(17-19-13-9-8-10-14-19)27-21(7-3)23(20)28-29(24,25)26-4/h8-10,13-14,18,20-23H,5-7,11-12,15-17H2,1-4H3,(H,24,25). The van der Waals surface area contributed by atoms with E-state index in [0.29, 0.717) is 5.92 Å². The third kappa shape index (κ3) is 7.48. The molecule has 0 aliphatic carbocycles. The molecule has 1 aromatic rings. The maximum absolute atomic E-state index is 12.2. The smallest absolute Gasteiger partial charge is 0.372 e. The van der Waals surface area contributed by atoms with Crippen LogP contribution in [0.3, 0.4) is 0 Å². The van der Waals surface area contributed by atoms with Crippen LogP contribution in [0.2, 0.25) is 0 Å². The molecule has 0 aromatic heterocycles. The van der Waals surface area contributed by atoms with E-state index in [4.69, 9.17) is 13.8 Å². The van der Waals surface area contributed by atoms with Crippen LogP contribution in [0.4, 0.5) is 0 Å². The number of hydrogen-bond donors (Lipinski definition) is 1. The Hall–Kier alpha value is -0.710. The van der Waals surface area contributed by atoms with Crippen LogP contribution < -0.4 is 0 Å². The second kappa shape index (κ2) is 12.2. The lowest BCUT2D eigenvalue weighted by molar-refractivity contribution is 0.00640. The van der Waals surface area contributed by atoms with Gasteiger partial charge in [0.25, 0.3) is 0 Å². The molecule has 5 unspecified atom stereocenters. The van der Waals surface area contributed by atoms with Crippen molar-refractivity contribution in [2.75, 3.05) is 7.11 Å². The van der Waals surface area contributed by atoms with Crippen LogP contribution in [0.1, 0.15) is 71.3 Å². The van der Waals surface area contributed by atoms with Gasteiger partial charge in [-0.1, -0.05) is 76.8 Å². The maximum Gasteiger partial charge on any atom is 0.472 e. The predicted octanol–water partition coefficient (Wildman–Crippen LogP) is 6.15. The summed E-state index contributed by atoms with van der Waals surface area (Å²) < 4.78 is 29.0. The number of ether oxygens (including phenoxy) is 1. The zero-order chi connectivity index (χ0) is 21.3. The number of benzene rings is 1. The second-order valence-electron chi connectivity index (χ2n) is 8.22. The van der Waals surface area contributed by atoms with Crippen molar-refractivity contribution in [2.24, 2.45) is 11.8 Å². The molecule has 1 saturated heterocycles. The molecule has 1 aliphatic heterocycles. The summed E-state index contributed by atoms with van der Waals surface area (Å²) >= 11 is 0. The summed E-state index contributed by atoms with van der Waals surface area (Å²) in [6.45, 7) is 6.51. The highest BCUT2D eigenvalue weighted by Crippen LogP contribution is 2.49. The summed E-state index contributed by atoms with van der Waals surface area (Å²) in [5.74, 6) is 0.763. The van der Waals surface area contributed by atoms with E-state index in [-0.39, 0.29) is 18.1 Å². The number of hydrogen-bond acceptors (Lipinski definition) is 4. The topological polar surface area (TPSA) is 65.0 Å². The minimum absolute atomic E-state index is 0.0203. The van der Waals surface area contributed by atoms with Gasteiger partial charge in [0.15, 0.2) is 0 Å². The van der Waals surface area contributed by atoms with Gasteiger partial charge in [0.2, 0.25) is 0 Å². The van der Waals surface area contributed by atoms with E-state index in [0.717, 1.165) is 25.7 Å². The first kappa shape index (κ1) is 24.6. The summed E-state index contributed by atoms with van der Waals surface area (Å²) in [6, 6.07) is 10.3. The Morgan fingerprint density at radius 3 is 2.28 bits per heavy atom. The van der Waals surface area contributed by atoms with Crippen molar-refractivity contribution in [3.05, 3.63) is 35.9 Å². The highest BCUT2D eigenvalue weighted by atomic mass is 31.2. The largest absolute Gasteiger partial charge is 0.472 e. The van der Waals surface area contributed by atoms with Gasteiger partial charge in [0.05, 0.1) is 12.2 Å². The third-order valence-electron chi connectivity index (χ3n) is 6.09. The molecule has 1 heterocycles. The Labute approximate surface area is 176 Å². The van der Waals surface area contributed by atoms with Crippen molar-refractivity contribution >= 4 is 7.82 Å². The second-order valence-corrected chi connectivity index (χ2v) is 9.73. The highest BCUT2D eigenvalue weighted by Gasteiger charge is 2.47. The van der Waals surface area contributed by atoms with E-state index in [2.05, 4.69) is 26.0 Å². The molecule has 29 heavy (non-hydrogen) atoms. The average molecular weight is 427 g/mol. The summed E-state index contributed by atoms with van der Waals surface area (Å²) in [7, 11) is -2.86. The van der Waals surface area contributed by atoms with Crippen molar-refractivity contribution in [3.8, 4) is 0 Å². The molecule has 0 spiro atoms. The lowest BCUT2D eigenvalue weighted by Gasteiger charge is -2.27. The molecule has 1 aromatic carbocycles. The quantitative estimate of drug-likeness (QED) is 0.383. The molecule has 0 amide bonds. The van der Waals surface area contributed by atoms with Gasteiger partial charge >= 0.3 is 7.82 Å². The van der Waals surface area contributed by atoms with Gasteiger partial charge in [-0.05, 0) is 37.2 Å². The average Bonchev–Trinajstić information content (AvgIpc) is 3.02. The molecule has 0 bridgehead atoms. The zero-order valence-corrected chi connectivity index (χ0v) is 19.4. The molecule has 5 atom stereocenters. The third-order valence-corrected chi connectivity index (χ3v) is 7.06. The lowest BCUT2D eigenvalue weighted by Crippen LogP contribution is -2.31. The SMILES string of the molecule is CCCC(CCC)CCC1C(Cc2ccccc2)OC(CC)C1OP(=O)(O)OC. The number of phosphoric ester groups is 1. The first-order valence-electron chi connectivity index (χ1n) is 11.2. The van der Waals surface area contributed by atoms with Crippen LogP contribution >= 0.6 is 7.82 Å². The van der Waals surface area contributed by atoms with Gasteiger partial charge in [0, 0.05) is 13.0 Å². The van der Waals surface area contributed by atoms with Gasteiger partial charge in [-0.3, -0.25) is 9.05 Å². The van der Waals surface area contributed by atoms with Crippen molar-refractivity contribution in [1.29, 1.82) is 0 Å². The molecule has 1 fully saturated rings. The monoisotopic (exact) mass is 426 g/mol. The number of rotatable bonds is 13. The molecule has 0 radical (unpaired) electrons. The first-order chi connectivity index (χ1) is 13.9. The van der Waals surface area contributed by atoms with E-state index < -0.39 is 13.9 Å². The fourth-order valence-electron chi connectivity index (χ4n) is 4.64. The molecule has 6 heteroatoms. The minimum atomic E-state index is -4.07. The zero-order valence-electron chi connectivity index (χ0n) is 18.5. The van der Waals surface area contributed by atoms with E-state index in [9.17, 15) is 9.46 Å². The summed E-state index contributed by atoms with van der Waals surface area (Å²) in [5.41, 5.74) is 1.22. The summed E-state index contributed by atoms with van der Waals surface area (Å²) in [5, 5.41) is 0. The van der Waals surface area contributed by atoms with Crippen molar-refractivity contribution in [1.82, 2.24) is 0 Å². The Morgan fingerprint density at radius 1 is 1.07 bits per heavy atom. The van der Waals surface area contributed by atoms with Gasteiger partial charge in [0.1, 0.15) is 6.10 Å². The van der Waals surface area contributed by atoms with Gasteiger partial charge < -0.3 is 9.63 Å². The highest BCUT2D eigenvalue weighted by molar-refractivity contribution is 7.47. The van der Waals surface area contributed by atoms with E-state index in [1.165, 1.54) is 38.4 Å². The predicted molar refractivity (Wildman–Crippen MR) is 117 cm³/mol. The number of phosphoric acid groups is 1. The molecule has 1 N–H and O–H groups in total. The molecule has 1 aliphatic rings. The molecule has 2 rings (SSSR count). The minimum Gasteiger partial charge on any atom is -0.372 e. The van der Waals surface area contributed by atoms with Gasteiger partial charge in [-0.15, -0.1) is 0 Å². The Kier molecular flexibility index (Phi) is 10.3. The first-order valence-corrected chi connectivity index (χ1v) is 12.7. The van der Waals surface area contributed by atoms with E-state index in [1.807, 2.05) is 25.1 Å².